The minimum absolute atomic E-state index is 0.0525. The summed E-state index contributed by atoms with van der Waals surface area (Å²) in [7, 11) is -1.98. The Bertz CT molecular complexity index is 1180. The van der Waals surface area contributed by atoms with Crippen LogP contribution in [0.1, 0.15) is 6.92 Å². The zero-order valence-corrected chi connectivity index (χ0v) is 21.5. The number of guanidine groups is 1. The molecule has 0 saturated carbocycles. The molecule has 0 radical (unpaired) electrons. The van der Waals surface area contributed by atoms with Crippen LogP contribution in [0.2, 0.25) is 0 Å². The van der Waals surface area contributed by atoms with Crippen molar-refractivity contribution in [3.63, 3.8) is 0 Å². The van der Waals surface area contributed by atoms with E-state index in [1.807, 2.05) is 4.83 Å². The lowest BCUT2D eigenvalue weighted by molar-refractivity contribution is -0.138. The van der Waals surface area contributed by atoms with Gasteiger partial charge < -0.3 is 14.2 Å². The van der Waals surface area contributed by atoms with Gasteiger partial charge in [0.1, 0.15) is 0 Å². The molecule has 1 aromatic heterocycles. The molecule has 3 N–H and O–H groups in total. The summed E-state index contributed by atoms with van der Waals surface area (Å²) in [6.45, 7) is 1.68. The maximum atomic E-state index is 13.1. The molecular formula is C16H27N9O8S2. The number of hydrazine groups is 1. The van der Waals surface area contributed by atoms with Crippen molar-refractivity contribution in [3.05, 3.63) is 17.8 Å². The Balaban J connectivity index is 2.41. The summed E-state index contributed by atoms with van der Waals surface area (Å²) in [5.41, 5.74) is 0.0837. The minimum atomic E-state index is -4.46. The monoisotopic (exact) mass is 537 g/mol. The predicted molar refractivity (Wildman–Crippen MR) is 123 cm³/mol. The number of aromatic nitrogens is 2. The molecule has 35 heavy (non-hydrogen) atoms. The molecule has 196 valence electrons. The van der Waals surface area contributed by atoms with E-state index in [4.69, 9.17) is 14.2 Å². The number of methoxy groups -OCH3 is 2. The van der Waals surface area contributed by atoms with Crippen molar-refractivity contribution in [1.29, 1.82) is 0 Å². The van der Waals surface area contributed by atoms with E-state index in [1.165, 1.54) is 46.4 Å². The van der Waals surface area contributed by atoms with E-state index in [2.05, 4.69) is 25.1 Å². The van der Waals surface area contributed by atoms with E-state index < -0.39 is 32.3 Å². The Morgan fingerprint density at radius 2 is 1.77 bits per heavy atom. The molecule has 0 amide bonds. The Morgan fingerprint density at radius 3 is 2.29 bits per heavy atom. The zero-order valence-electron chi connectivity index (χ0n) is 19.8. The van der Waals surface area contributed by atoms with Gasteiger partial charge in [-0.1, -0.05) is 0 Å². The SMILES string of the molecule is CCOC(=O)C1=CN(S(=O)(=O)NC(=NNS(=O)(=O)N(C)C)Nc2nc(OC)cc(OC)n2)N(C)C1. The van der Waals surface area contributed by atoms with Crippen molar-refractivity contribution in [1.82, 2.24) is 33.2 Å². The van der Waals surface area contributed by atoms with Crippen molar-refractivity contribution >= 4 is 38.3 Å². The van der Waals surface area contributed by atoms with Crippen LogP contribution in [0, 0.1) is 0 Å². The smallest absolute Gasteiger partial charge is 0.339 e. The Hall–Kier alpha value is -3.42. The summed E-state index contributed by atoms with van der Waals surface area (Å²) in [4.78, 5) is 21.9. The van der Waals surface area contributed by atoms with Gasteiger partial charge in [0.15, 0.2) is 0 Å². The molecule has 0 spiro atoms. The summed E-state index contributed by atoms with van der Waals surface area (Å²) < 4.78 is 68.9. The van der Waals surface area contributed by atoms with E-state index in [0.29, 0.717) is 0 Å². The predicted octanol–water partition coefficient (Wildman–Crippen LogP) is -1.98. The van der Waals surface area contributed by atoms with Gasteiger partial charge in [0.05, 0.1) is 39.0 Å². The summed E-state index contributed by atoms with van der Waals surface area (Å²) in [6.07, 6.45) is 1.06. The number of anilines is 1. The summed E-state index contributed by atoms with van der Waals surface area (Å²) in [5.74, 6) is -1.41. The highest BCUT2D eigenvalue weighted by Crippen LogP contribution is 2.19. The lowest BCUT2D eigenvalue weighted by Gasteiger charge is -2.25. The number of likely N-dealkylation sites (N-methyl/N-ethyl adjacent to an activating group) is 1. The van der Waals surface area contributed by atoms with Gasteiger partial charge in [-0.15, -0.1) is 5.10 Å². The highest BCUT2D eigenvalue weighted by atomic mass is 32.2. The molecular weight excluding hydrogens is 510 g/mol. The van der Waals surface area contributed by atoms with Crippen LogP contribution >= 0.6 is 0 Å². The maximum Gasteiger partial charge on any atom is 0.339 e. The molecule has 2 heterocycles. The largest absolute Gasteiger partial charge is 0.481 e. The van der Waals surface area contributed by atoms with Crippen LogP contribution in [0.4, 0.5) is 5.95 Å². The van der Waals surface area contributed by atoms with Crippen molar-refractivity contribution in [2.24, 2.45) is 5.10 Å². The second-order valence-corrected chi connectivity index (χ2v) is 10.2. The van der Waals surface area contributed by atoms with E-state index in [-0.39, 0.29) is 36.4 Å². The van der Waals surface area contributed by atoms with E-state index >= 15 is 0 Å². The van der Waals surface area contributed by atoms with Crippen LogP contribution in [0.25, 0.3) is 0 Å². The van der Waals surface area contributed by atoms with Gasteiger partial charge in [-0.05, 0) is 6.92 Å². The average molecular weight is 538 g/mol. The number of carbonyl (C=O) groups excluding carboxylic acids is 1. The first-order valence-corrected chi connectivity index (χ1v) is 12.6. The van der Waals surface area contributed by atoms with Gasteiger partial charge in [0, 0.05) is 27.3 Å². The van der Waals surface area contributed by atoms with Gasteiger partial charge >= 0.3 is 26.4 Å². The van der Waals surface area contributed by atoms with E-state index in [1.54, 1.807) is 6.92 Å². The second kappa shape index (κ2) is 11.3. The number of esters is 1. The molecule has 0 atom stereocenters. The van der Waals surface area contributed by atoms with Crippen LogP contribution in [0.3, 0.4) is 0 Å². The fraction of sp³-hybridized carbons (Fsp3) is 0.500. The summed E-state index contributed by atoms with van der Waals surface area (Å²) >= 11 is 0. The Morgan fingerprint density at radius 1 is 1.17 bits per heavy atom. The molecule has 1 aliphatic heterocycles. The van der Waals surface area contributed by atoms with Gasteiger partial charge in [0.25, 0.3) is 0 Å². The highest BCUT2D eigenvalue weighted by Gasteiger charge is 2.33. The second-order valence-electron chi connectivity index (χ2n) is 6.81. The lowest BCUT2D eigenvalue weighted by Crippen LogP contribution is -2.48. The third-order valence-corrected chi connectivity index (χ3v) is 6.70. The molecule has 1 aromatic rings. The fourth-order valence-corrected chi connectivity index (χ4v) is 3.88. The first kappa shape index (κ1) is 27.8. The van der Waals surface area contributed by atoms with E-state index in [9.17, 15) is 21.6 Å². The van der Waals surface area contributed by atoms with Gasteiger partial charge in [-0.25, -0.2) is 14.5 Å². The van der Waals surface area contributed by atoms with Crippen LogP contribution in [-0.2, 0) is 30.0 Å². The summed E-state index contributed by atoms with van der Waals surface area (Å²) in [6, 6.07) is 1.36. The number of hydrazone groups is 1. The minimum Gasteiger partial charge on any atom is -0.481 e. The molecule has 0 aliphatic carbocycles. The quantitative estimate of drug-likeness (QED) is 0.129. The van der Waals surface area contributed by atoms with Gasteiger partial charge in [-0.3, -0.25) is 5.32 Å². The molecule has 0 fully saturated rings. The van der Waals surface area contributed by atoms with Crippen LogP contribution < -0.4 is 24.3 Å². The third kappa shape index (κ3) is 7.28. The maximum absolute atomic E-state index is 13.1. The van der Waals surface area contributed by atoms with Crippen LogP contribution in [0.5, 0.6) is 11.8 Å². The number of rotatable bonds is 10. The first-order valence-electron chi connectivity index (χ1n) is 9.75. The number of ether oxygens (including phenoxy) is 3. The van der Waals surface area contributed by atoms with E-state index in [0.717, 1.165) is 14.9 Å². The standard InChI is InChI=1S/C16H27N9O8S2/c1-7-33-14(26)11-9-24(4)25(10-11)34(27,28)21-16(20-22-35(29,30)23(2)3)19-15-17-12(31-5)8-13(18-15)32-6/h8,10,22H,7,9H2,1-6H3,(H2,17,18,19,20,21). The van der Waals surface area contributed by atoms with Crippen molar-refractivity contribution in [2.75, 3.05) is 53.8 Å². The fourth-order valence-electron chi connectivity index (χ4n) is 2.39. The number of nitrogens with one attached hydrogen (secondary N) is 3. The first-order chi connectivity index (χ1) is 16.3. The van der Waals surface area contributed by atoms with Gasteiger partial charge in [-0.2, -0.15) is 40.4 Å². The van der Waals surface area contributed by atoms with Crippen LogP contribution in [-0.4, -0.2) is 101 Å². The number of hydrogen-bond donors (Lipinski definition) is 3. The molecule has 2 rings (SSSR count). The third-order valence-electron chi connectivity index (χ3n) is 4.09. The molecule has 17 nitrogen and oxygen atoms in total. The van der Waals surface area contributed by atoms with Crippen LogP contribution in [0.15, 0.2) is 22.9 Å². The molecule has 19 heteroatoms. The average Bonchev–Trinajstić information content (AvgIpc) is 3.20. The highest BCUT2D eigenvalue weighted by molar-refractivity contribution is 7.88. The number of carbonyl (C=O) groups is 1. The molecule has 1 aliphatic rings. The van der Waals surface area contributed by atoms with Crippen molar-refractivity contribution in [2.45, 2.75) is 6.92 Å². The normalized spacial score (nSPS) is 15.0. The van der Waals surface area contributed by atoms with Gasteiger partial charge in [0.2, 0.25) is 23.7 Å². The molecule has 0 aromatic carbocycles. The van der Waals surface area contributed by atoms with Crippen molar-refractivity contribution in [3.8, 4) is 11.8 Å². The zero-order chi connectivity index (χ0) is 26.4. The summed E-state index contributed by atoms with van der Waals surface area (Å²) in [5, 5.41) is 7.28. The van der Waals surface area contributed by atoms with Crippen molar-refractivity contribution < 1.29 is 35.8 Å². The lowest BCUT2D eigenvalue weighted by atomic mass is 10.3. The molecule has 0 unspecified atom stereocenters. The topological polar surface area (TPSA) is 197 Å². The molecule has 0 bridgehead atoms. The Labute approximate surface area is 203 Å². The Kier molecular flexibility index (Phi) is 9.01. The molecule has 0 saturated heterocycles. The number of nitrogens with zero attached hydrogens (tertiary/aromatic N) is 6. The number of hydrogen-bond acceptors (Lipinski definition) is 12.